The average Bonchev–Trinajstić information content (AvgIpc) is 3.43. The van der Waals surface area contributed by atoms with Gasteiger partial charge in [0.05, 0.1) is 10.8 Å². The van der Waals surface area contributed by atoms with Crippen molar-refractivity contribution in [3.63, 3.8) is 0 Å². The van der Waals surface area contributed by atoms with Crippen LogP contribution in [0.5, 0.6) is 0 Å². The van der Waals surface area contributed by atoms with Gasteiger partial charge >= 0.3 is 24.0 Å². The lowest BCUT2D eigenvalue weighted by Crippen LogP contribution is -2.53. The molecule has 1 amide bonds. The molecule has 16 heteroatoms. The normalized spacial score (nSPS) is 25.2. The van der Waals surface area contributed by atoms with Crippen LogP contribution in [0.2, 0.25) is 0 Å². The van der Waals surface area contributed by atoms with E-state index in [1.165, 1.54) is 7.11 Å². The fourth-order valence-electron chi connectivity index (χ4n) is 6.02. The number of aliphatic carboxylic acids is 1. The van der Waals surface area contributed by atoms with Crippen LogP contribution in [0.3, 0.4) is 0 Å². The summed E-state index contributed by atoms with van der Waals surface area (Å²) >= 11 is 0. The summed E-state index contributed by atoms with van der Waals surface area (Å²) < 4.78 is 140. The van der Waals surface area contributed by atoms with E-state index in [-0.39, 0.29) is 56.3 Å². The number of carboxylic acids is 1. The lowest BCUT2D eigenvalue weighted by molar-refractivity contribution is -0.348. The highest BCUT2D eigenvalue weighted by atomic mass is 32.2. The largest absolute Gasteiger partial charge is 0.481 e. The molecule has 0 aromatic heterocycles. The number of rotatable bonds is 7. The average molecular weight is 658 g/mol. The minimum atomic E-state index is -6.39. The Kier molecular flexibility index (Phi) is 8.61. The van der Waals surface area contributed by atoms with Crippen LogP contribution in [-0.2, 0) is 34.6 Å². The van der Waals surface area contributed by atoms with Crippen molar-refractivity contribution in [2.45, 2.75) is 65.4 Å². The highest BCUT2D eigenvalue weighted by Gasteiger charge is 2.73. The number of ether oxygens (including phenoxy) is 1. The zero-order valence-electron chi connectivity index (χ0n) is 23.0. The number of nitrogens with zero attached hydrogens (tertiary/aromatic N) is 1. The molecule has 1 saturated carbocycles. The molecule has 2 aromatic rings. The minimum absolute atomic E-state index is 0.00429. The van der Waals surface area contributed by atoms with E-state index in [4.69, 9.17) is 4.74 Å². The van der Waals surface area contributed by atoms with Gasteiger partial charge in [-0.25, -0.2) is 17.2 Å². The molecule has 242 valence electrons. The monoisotopic (exact) mass is 657 g/mol. The number of alkyl halides is 7. The Labute approximate surface area is 246 Å². The summed E-state index contributed by atoms with van der Waals surface area (Å²) in [5, 5.41) is 9.33. The topological polar surface area (TPSA) is 101 Å². The quantitative estimate of drug-likeness (QED) is 0.304. The number of benzene rings is 2. The van der Waals surface area contributed by atoms with Crippen molar-refractivity contribution >= 4 is 21.7 Å². The number of carboxylic acid groups (broad SMARTS) is 1. The van der Waals surface area contributed by atoms with Gasteiger partial charge in [-0.1, -0.05) is 24.3 Å². The number of carbonyl (C=O) groups is 2. The molecule has 2 fully saturated rings. The molecule has 1 unspecified atom stereocenters. The predicted molar refractivity (Wildman–Crippen MR) is 137 cm³/mol. The highest BCUT2D eigenvalue weighted by molar-refractivity contribution is 7.92. The van der Waals surface area contributed by atoms with E-state index >= 15 is 0 Å². The Hall–Kier alpha value is -3.27. The van der Waals surface area contributed by atoms with Crippen LogP contribution in [0, 0.1) is 11.7 Å². The molecular formula is C28H27F8NO6S. The Morgan fingerprint density at radius 3 is 1.86 bits per heavy atom. The van der Waals surface area contributed by atoms with Gasteiger partial charge in [-0.3, -0.25) is 9.59 Å². The van der Waals surface area contributed by atoms with Gasteiger partial charge in [0.25, 0.3) is 5.91 Å². The van der Waals surface area contributed by atoms with Crippen LogP contribution in [0.1, 0.15) is 43.2 Å². The van der Waals surface area contributed by atoms with Crippen molar-refractivity contribution in [1.82, 2.24) is 4.90 Å². The van der Waals surface area contributed by atoms with Gasteiger partial charge in [0.2, 0.25) is 0 Å². The van der Waals surface area contributed by atoms with Crippen LogP contribution >= 0.6 is 0 Å². The number of halogens is 8. The van der Waals surface area contributed by atoms with Gasteiger partial charge in [0, 0.05) is 25.8 Å². The molecule has 1 saturated heterocycles. The Morgan fingerprint density at radius 1 is 0.886 bits per heavy atom. The van der Waals surface area contributed by atoms with Gasteiger partial charge in [-0.15, -0.1) is 0 Å². The highest BCUT2D eigenvalue weighted by Crippen LogP contribution is 2.54. The molecule has 7 nitrogen and oxygen atoms in total. The third kappa shape index (κ3) is 5.33. The zero-order valence-corrected chi connectivity index (χ0v) is 23.8. The van der Waals surface area contributed by atoms with Gasteiger partial charge in [0.15, 0.2) is 9.84 Å². The number of amides is 1. The summed E-state index contributed by atoms with van der Waals surface area (Å²) in [6.45, 7) is -0.871. The molecule has 44 heavy (non-hydrogen) atoms. The fraction of sp³-hybridized carbons (Fsp3) is 0.500. The maximum Gasteiger partial charge on any atom is 0.435 e. The zero-order chi connectivity index (χ0) is 32.9. The summed E-state index contributed by atoms with van der Waals surface area (Å²) in [6, 6.07) is 5.21. The van der Waals surface area contributed by atoms with E-state index in [1.807, 2.05) is 0 Å². The van der Waals surface area contributed by atoms with Gasteiger partial charge in [0.1, 0.15) is 16.2 Å². The summed E-state index contributed by atoms with van der Waals surface area (Å²) in [5.74, 6) is -3.24. The van der Waals surface area contributed by atoms with Crippen LogP contribution in [0.4, 0.5) is 35.1 Å². The molecule has 1 aliphatic heterocycles. The van der Waals surface area contributed by atoms with Crippen molar-refractivity contribution in [1.29, 1.82) is 0 Å². The SMILES string of the molecule is COC1(C(=O)N2CCC(c3ccc(C(F)(C(F)(F)F)C(F)(F)F)cc3)(S(=O)(=O)c3ccc(F)cc3)C2)CCC(C(=O)O)CC1. The van der Waals surface area contributed by atoms with E-state index in [2.05, 4.69) is 0 Å². The van der Waals surface area contributed by atoms with E-state index in [9.17, 15) is 58.2 Å². The van der Waals surface area contributed by atoms with Crippen LogP contribution in [0.25, 0.3) is 0 Å². The maximum absolute atomic E-state index is 14.7. The van der Waals surface area contributed by atoms with Gasteiger partial charge in [-0.2, -0.15) is 26.3 Å². The standard InChI is InChI=1S/C28H27F8NO6S/c1-43-24(12-10-17(11-13-24)22(38)39)23(40)37-15-14-25(16-37,44(41,42)21-8-6-20(29)7-9-21)18-2-4-19(5-3-18)26(30,27(31,32)33)28(34,35)36/h2-9,17H,10-16H2,1H3,(H,38,39). The fourth-order valence-corrected chi connectivity index (χ4v) is 8.10. The maximum atomic E-state index is 14.7. The van der Waals surface area contributed by atoms with Gasteiger partial charge < -0.3 is 14.7 Å². The van der Waals surface area contributed by atoms with E-state index in [0.29, 0.717) is 12.1 Å². The van der Waals surface area contributed by atoms with Crippen molar-refractivity contribution in [3.05, 3.63) is 65.5 Å². The first kappa shape index (κ1) is 33.6. The molecule has 1 heterocycles. The van der Waals surface area contributed by atoms with Crippen molar-refractivity contribution in [3.8, 4) is 0 Å². The smallest absolute Gasteiger partial charge is 0.435 e. The number of likely N-dealkylation sites (tertiary alicyclic amines) is 1. The number of hydrogen-bond acceptors (Lipinski definition) is 5. The first-order chi connectivity index (χ1) is 20.3. The predicted octanol–water partition coefficient (Wildman–Crippen LogP) is 5.68. The molecule has 1 aliphatic carbocycles. The summed E-state index contributed by atoms with van der Waals surface area (Å²) in [4.78, 5) is 25.9. The molecule has 2 aliphatic rings. The van der Waals surface area contributed by atoms with Gasteiger partial charge in [-0.05, 0) is 61.9 Å². The van der Waals surface area contributed by atoms with E-state index in [1.54, 1.807) is 0 Å². The van der Waals surface area contributed by atoms with Crippen LogP contribution in [-0.4, -0.2) is 68.5 Å². The second-order valence-electron chi connectivity index (χ2n) is 11.0. The number of methoxy groups -OCH3 is 1. The number of sulfone groups is 1. The summed E-state index contributed by atoms with van der Waals surface area (Å²) in [7, 11) is -3.40. The lowest BCUT2D eigenvalue weighted by Gasteiger charge is -2.39. The summed E-state index contributed by atoms with van der Waals surface area (Å²) in [6.07, 6.45) is -13.0. The first-order valence-electron chi connectivity index (χ1n) is 13.3. The molecule has 1 N–H and O–H groups in total. The Morgan fingerprint density at radius 2 is 1.41 bits per heavy atom. The third-order valence-corrected chi connectivity index (χ3v) is 11.2. The Balaban J connectivity index is 1.79. The molecule has 4 rings (SSSR count). The second kappa shape index (κ2) is 11.3. The number of carbonyl (C=O) groups excluding carboxylic acids is 1. The van der Waals surface area contributed by atoms with Crippen molar-refractivity contribution in [2.75, 3.05) is 20.2 Å². The van der Waals surface area contributed by atoms with E-state index < -0.39 is 78.8 Å². The first-order valence-corrected chi connectivity index (χ1v) is 14.7. The molecular weight excluding hydrogens is 630 g/mol. The van der Waals surface area contributed by atoms with Crippen LogP contribution in [0.15, 0.2) is 53.4 Å². The van der Waals surface area contributed by atoms with E-state index in [0.717, 1.165) is 29.2 Å². The van der Waals surface area contributed by atoms with Crippen LogP contribution < -0.4 is 0 Å². The second-order valence-corrected chi connectivity index (χ2v) is 13.2. The molecule has 0 radical (unpaired) electrons. The molecule has 1 atom stereocenters. The third-order valence-electron chi connectivity index (χ3n) is 8.67. The van der Waals surface area contributed by atoms with Crippen molar-refractivity contribution < 1.29 is 63.0 Å². The Bertz CT molecular complexity index is 1490. The minimum Gasteiger partial charge on any atom is -0.481 e. The molecule has 0 spiro atoms. The number of hydrogen-bond donors (Lipinski definition) is 1. The molecule has 0 bridgehead atoms. The lowest BCUT2D eigenvalue weighted by atomic mass is 9.78. The van der Waals surface area contributed by atoms with Crippen molar-refractivity contribution in [2.24, 2.45) is 5.92 Å². The molecule has 2 aromatic carbocycles. The summed E-state index contributed by atoms with van der Waals surface area (Å²) in [5.41, 5.74) is -9.40.